The molecule has 4 nitrogen and oxygen atoms in total. The molecule has 0 amide bonds. The fourth-order valence-electron chi connectivity index (χ4n) is 1.08. The van der Waals surface area contributed by atoms with Crippen molar-refractivity contribution in [1.82, 2.24) is 5.32 Å². The Hall–Kier alpha value is -1.03. The highest BCUT2D eigenvalue weighted by molar-refractivity contribution is 5.81. The molecular weight excluding hydrogens is 182 g/mol. The van der Waals surface area contributed by atoms with Gasteiger partial charge >= 0.3 is 5.97 Å². The third kappa shape index (κ3) is 6.48. The second-order valence-corrected chi connectivity index (χ2v) is 2.96. The number of rotatable bonds is 7. The minimum absolute atomic E-state index is 0.255. The van der Waals surface area contributed by atoms with E-state index < -0.39 is 0 Å². The zero-order valence-corrected chi connectivity index (χ0v) is 9.08. The molecule has 0 aliphatic carbocycles. The Kier molecular flexibility index (Phi) is 7.93. The number of methoxy groups -OCH3 is 2. The molecule has 1 atom stereocenters. The topological polar surface area (TPSA) is 47.6 Å². The van der Waals surface area contributed by atoms with Crippen molar-refractivity contribution in [3.05, 3.63) is 12.3 Å². The monoisotopic (exact) mass is 201 g/mol. The van der Waals surface area contributed by atoms with E-state index in [9.17, 15) is 4.79 Å². The molecule has 0 aliphatic rings. The summed E-state index contributed by atoms with van der Waals surface area (Å²) >= 11 is 0. The number of nitrogens with one attached hydrogen (secondary N) is 1. The van der Waals surface area contributed by atoms with Gasteiger partial charge in [0.2, 0.25) is 0 Å². The van der Waals surface area contributed by atoms with Crippen molar-refractivity contribution in [3.8, 4) is 0 Å². The number of carbonyl (C=O) groups is 1. The molecular formula is C10H19NO3. The lowest BCUT2D eigenvalue weighted by Crippen LogP contribution is -2.29. The molecule has 0 heterocycles. The Balaban J connectivity index is 3.79. The van der Waals surface area contributed by atoms with Crippen LogP contribution in [0.1, 0.15) is 19.8 Å². The van der Waals surface area contributed by atoms with Crippen LogP contribution >= 0.6 is 0 Å². The van der Waals surface area contributed by atoms with Crippen molar-refractivity contribution in [2.24, 2.45) is 0 Å². The van der Waals surface area contributed by atoms with Gasteiger partial charge in [0, 0.05) is 25.4 Å². The highest BCUT2D eigenvalue weighted by Gasteiger charge is 2.03. The smallest absolute Gasteiger partial charge is 0.331 e. The number of carbonyl (C=O) groups excluding carboxylic acids is 1. The maximum atomic E-state index is 10.7. The Morgan fingerprint density at radius 3 is 2.71 bits per heavy atom. The van der Waals surface area contributed by atoms with Gasteiger partial charge in [-0.3, -0.25) is 0 Å². The molecule has 4 heteroatoms. The quantitative estimate of drug-likeness (QED) is 0.494. The standard InChI is InChI=1S/C10H19NO3/c1-4-5-9(8-13-2)11-7-6-10(12)14-3/h6-7,9,11H,4-5,8H2,1-3H3/b7-6+. The summed E-state index contributed by atoms with van der Waals surface area (Å²) in [4.78, 5) is 10.7. The van der Waals surface area contributed by atoms with Crippen LogP contribution in [0.3, 0.4) is 0 Å². The van der Waals surface area contributed by atoms with Crippen molar-refractivity contribution in [2.75, 3.05) is 20.8 Å². The van der Waals surface area contributed by atoms with Crippen LogP contribution in [0.25, 0.3) is 0 Å². The summed E-state index contributed by atoms with van der Waals surface area (Å²) in [6.07, 6.45) is 5.05. The fraction of sp³-hybridized carbons (Fsp3) is 0.700. The third-order valence-corrected chi connectivity index (χ3v) is 1.76. The molecule has 1 N–H and O–H groups in total. The van der Waals surface area contributed by atoms with E-state index in [1.807, 2.05) is 0 Å². The average Bonchev–Trinajstić information content (AvgIpc) is 2.18. The van der Waals surface area contributed by atoms with Gasteiger partial charge < -0.3 is 14.8 Å². The molecule has 0 aromatic heterocycles. The Labute approximate surface area is 85.3 Å². The highest BCUT2D eigenvalue weighted by atomic mass is 16.5. The molecule has 0 saturated heterocycles. The lowest BCUT2D eigenvalue weighted by molar-refractivity contribution is -0.134. The van der Waals surface area contributed by atoms with E-state index >= 15 is 0 Å². The first kappa shape index (κ1) is 13.0. The Morgan fingerprint density at radius 1 is 1.50 bits per heavy atom. The van der Waals surface area contributed by atoms with Gasteiger partial charge in [0.25, 0.3) is 0 Å². The first-order chi connectivity index (χ1) is 6.74. The highest BCUT2D eigenvalue weighted by Crippen LogP contribution is 1.96. The molecule has 0 aromatic carbocycles. The number of ether oxygens (including phenoxy) is 2. The predicted molar refractivity (Wildman–Crippen MR) is 54.9 cm³/mol. The fourth-order valence-corrected chi connectivity index (χ4v) is 1.08. The van der Waals surface area contributed by atoms with E-state index in [0.717, 1.165) is 12.8 Å². The minimum Gasteiger partial charge on any atom is -0.466 e. The molecule has 0 saturated carbocycles. The van der Waals surface area contributed by atoms with Crippen molar-refractivity contribution in [1.29, 1.82) is 0 Å². The van der Waals surface area contributed by atoms with Crippen LogP contribution < -0.4 is 5.32 Å². The summed E-state index contributed by atoms with van der Waals surface area (Å²) in [7, 11) is 3.01. The van der Waals surface area contributed by atoms with Gasteiger partial charge in [-0.2, -0.15) is 0 Å². The van der Waals surface area contributed by atoms with Crippen molar-refractivity contribution in [2.45, 2.75) is 25.8 Å². The molecule has 0 fully saturated rings. The maximum absolute atomic E-state index is 10.7. The van der Waals surface area contributed by atoms with E-state index in [-0.39, 0.29) is 12.0 Å². The van der Waals surface area contributed by atoms with Crippen LogP contribution in [0.15, 0.2) is 12.3 Å². The lowest BCUT2D eigenvalue weighted by Gasteiger charge is -2.14. The van der Waals surface area contributed by atoms with Gasteiger partial charge in [-0.1, -0.05) is 13.3 Å². The Bertz CT molecular complexity index is 174. The van der Waals surface area contributed by atoms with E-state index in [2.05, 4.69) is 17.0 Å². The number of hydrogen-bond acceptors (Lipinski definition) is 4. The largest absolute Gasteiger partial charge is 0.466 e. The molecule has 82 valence electrons. The van der Waals surface area contributed by atoms with Crippen LogP contribution in [0, 0.1) is 0 Å². The van der Waals surface area contributed by atoms with Crippen molar-refractivity contribution in [3.63, 3.8) is 0 Å². The molecule has 0 aliphatic heterocycles. The van der Waals surface area contributed by atoms with Gasteiger partial charge in [0.05, 0.1) is 13.7 Å². The first-order valence-corrected chi connectivity index (χ1v) is 4.74. The summed E-state index contributed by atoms with van der Waals surface area (Å²) in [5.41, 5.74) is 0. The zero-order chi connectivity index (χ0) is 10.8. The van der Waals surface area contributed by atoms with Crippen LogP contribution in [-0.4, -0.2) is 32.8 Å². The molecule has 0 rings (SSSR count). The lowest BCUT2D eigenvalue weighted by atomic mass is 10.2. The van der Waals surface area contributed by atoms with Gasteiger partial charge in [0.1, 0.15) is 0 Å². The van der Waals surface area contributed by atoms with Crippen molar-refractivity contribution < 1.29 is 14.3 Å². The summed E-state index contributed by atoms with van der Waals surface area (Å²) in [6, 6.07) is 0.255. The van der Waals surface area contributed by atoms with Crippen LogP contribution in [0.2, 0.25) is 0 Å². The Morgan fingerprint density at radius 2 is 2.21 bits per heavy atom. The van der Waals surface area contributed by atoms with Gasteiger partial charge in [-0.05, 0) is 6.42 Å². The molecule has 0 radical (unpaired) electrons. The SMILES string of the molecule is CCCC(COC)N/C=C/C(=O)OC. The van der Waals surface area contributed by atoms with E-state index in [1.165, 1.54) is 13.2 Å². The number of esters is 1. The first-order valence-electron chi connectivity index (χ1n) is 4.74. The second kappa shape index (κ2) is 8.56. The second-order valence-electron chi connectivity index (χ2n) is 2.96. The number of hydrogen-bond donors (Lipinski definition) is 1. The summed E-state index contributed by atoms with van der Waals surface area (Å²) in [6.45, 7) is 2.74. The average molecular weight is 201 g/mol. The summed E-state index contributed by atoms with van der Waals surface area (Å²) in [5, 5.41) is 3.08. The molecule has 0 aromatic rings. The van der Waals surface area contributed by atoms with Crippen LogP contribution in [0.4, 0.5) is 0 Å². The van der Waals surface area contributed by atoms with E-state index in [1.54, 1.807) is 13.3 Å². The van der Waals surface area contributed by atoms with E-state index in [4.69, 9.17) is 4.74 Å². The van der Waals surface area contributed by atoms with Crippen LogP contribution in [0.5, 0.6) is 0 Å². The van der Waals surface area contributed by atoms with Crippen LogP contribution in [-0.2, 0) is 14.3 Å². The molecule has 0 bridgehead atoms. The third-order valence-electron chi connectivity index (χ3n) is 1.76. The van der Waals surface area contributed by atoms with Gasteiger partial charge in [0.15, 0.2) is 0 Å². The maximum Gasteiger partial charge on any atom is 0.331 e. The van der Waals surface area contributed by atoms with Gasteiger partial charge in [-0.15, -0.1) is 0 Å². The van der Waals surface area contributed by atoms with Gasteiger partial charge in [-0.25, -0.2) is 4.79 Å². The molecule has 14 heavy (non-hydrogen) atoms. The zero-order valence-electron chi connectivity index (χ0n) is 9.08. The van der Waals surface area contributed by atoms with Crippen molar-refractivity contribution >= 4 is 5.97 Å². The predicted octanol–water partition coefficient (Wildman–Crippen LogP) is 1.08. The molecule has 1 unspecified atom stereocenters. The summed E-state index contributed by atoms with van der Waals surface area (Å²) < 4.78 is 9.48. The normalized spacial score (nSPS) is 12.8. The summed E-state index contributed by atoms with van der Waals surface area (Å²) in [5.74, 6) is -0.356. The minimum atomic E-state index is -0.356. The molecule has 0 spiro atoms. The van der Waals surface area contributed by atoms with E-state index in [0.29, 0.717) is 6.61 Å².